The van der Waals surface area contributed by atoms with Gasteiger partial charge in [-0.2, -0.15) is 0 Å². The van der Waals surface area contributed by atoms with Gasteiger partial charge in [0.1, 0.15) is 5.75 Å². The van der Waals surface area contributed by atoms with Gasteiger partial charge in [-0.15, -0.1) is 0 Å². The molecule has 2 aromatic carbocycles. The smallest absolute Gasteiger partial charge is 0.251 e. The van der Waals surface area contributed by atoms with Gasteiger partial charge in [0.2, 0.25) is 5.91 Å². The fourth-order valence-electron chi connectivity index (χ4n) is 4.12. The maximum Gasteiger partial charge on any atom is 0.251 e. The van der Waals surface area contributed by atoms with Gasteiger partial charge >= 0.3 is 0 Å². The molecule has 0 unspecified atom stereocenters. The molecule has 0 bridgehead atoms. The number of rotatable bonds is 9. The first kappa shape index (κ1) is 22.9. The molecule has 1 aliphatic heterocycles. The standard InChI is InChI=1S/C26H34N2O3/c1-3-31-23-12-10-21(11-13-23)8-9-22-15-18-28(19-16-22)25(29)14-17-27-26(30)24-7-5-4-6-20(24)2/h4-7,10-13,22H,3,8-9,14-19H2,1-2H3,(H,27,30). The molecule has 2 aromatic rings. The summed E-state index contributed by atoms with van der Waals surface area (Å²) in [5.41, 5.74) is 2.95. The zero-order valence-corrected chi connectivity index (χ0v) is 18.7. The summed E-state index contributed by atoms with van der Waals surface area (Å²) in [4.78, 5) is 26.7. The van der Waals surface area contributed by atoms with Gasteiger partial charge in [0, 0.05) is 31.6 Å². The summed E-state index contributed by atoms with van der Waals surface area (Å²) in [7, 11) is 0. The Labute approximate surface area is 185 Å². The number of piperidine rings is 1. The second-order valence-corrected chi connectivity index (χ2v) is 8.26. The predicted molar refractivity (Wildman–Crippen MR) is 123 cm³/mol. The molecular formula is C26H34N2O3. The van der Waals surface area contributed by atoms with Crippen LogP contribution in [-0.2, 0) is 11.2 Å². The normalized spacial score (nSPS) is 14.3. The van der Waals surface area contributed by atoms with Crippen molar-refractivity contribution in [2.75, 3.05) is 26.2 Å². The van der Waals surface area contributed by atoms with E-state index >= 15 is 0 Å². The fourth-order valence-corrected chi connectivity index (χ4v) is 4.12. The average molecular weight is 423 g/mol. The van der Waals surface area contributed by atoms with Crippen LogP contribution >= 0.6 is 0 Å². The van der Waals surface area contributed by atoms with Crippen LogP contribution in [-0.4, -0.2) is 43.0 Å². The molecule has 31 heavy (non-hydrogen) atoms. The second-order valence-electron chi connectivity index (χ2n) is 8.26. The van der Waals surface area contributed by atoms with E-state index in [1.165, 1.54) is 5.56 Å². The number of hydrogen-bond acceptors (Lipinski definition) is 3. The number of benzene rings is 2. The van der Waals surface area contributed by atoms with Crippen LogP contribution in [0.1, 0.15) is 54.1 Å². The highest BCUT2D eigenvalue weighted by Gasteiger charge is 2.22. The van der Waals surface area contributed by atoms with Gasteiger partial charge in [-0.3, -0.25) is 9.59 Å². The van der Waals surface area contributed by atoms with Crippen LogP contribution in [0.25, 0.3) is 0 Å². The lowest BCUT2D eigenvalue weighted by Crippen LogP contribution is -2.40. The van der Waals surface area contributed by atoms with Crippen molar-refractivity contribution < 1.29 is 14.3 Å². The third-order valence-corrected chi connectivity index (χ3v) is 6.06. The van der Waals surface area contributed by atoms with E-state index < -0.39 is 0 Å². The van der Waals surface area contributed by atoms with E-state index in [2.05, 4.69) is 17.4 Å². The number of nitrogens with zero attached hydrogens (tertiary/aromatic N) is 1. The molecule has 3 rings (SSSR count). The number of carbonyl (C=O) groups is 2. The maximum absolute atomic E-state index is 12.5. The first-order chi connectivity index (χ1) is 15.1. The molecule has 0 radical (unpaired) electrons. The van der Waals surface area contributed by atoms with Gasteiger partial charge in [0.05, 0.1) is 6.61 Å². The lowest BCUT2D eigenvalue weighted by molar-refractivity contribution is -0.132. The number of ether oxygens (including phenoxy) is 1. The molecule has 0 aliphatic carbocycles. The Balaban J connectivity index is 1.34. The summed E-state index contributed by atoms with van der Waals surface area (Å²) >= 11 is 0. The van der Waals surface area contributed by atoms with E-state index in [0.29, 0.717) is 31.1 Å². The van der Waals surface area contributed by atoms with E-state index in [0.717, 1.165) is 50.1 Å². The highest BCUT2D eigenvalue weighted by molar-refractivity contribution is 5.95. The first-order valence-electron chi connectivity index (χ1n) is 11.4. The number of nitrogens with one attached hydrogen (secondary N) is 1. The van der Waals surface area contributed by atoms with Crippen molar-refractivity contribution in [2.24, 2.45) is 5.92 Å². The summed E-state index contributed by atoms with van der Waals surface area (Å²) in [5, 5.41) is 2.87. The zero-order valence-electron chi connectivity index (χ0n) is 18.7. The summed E-state index contributed by atoms with van der Waals surface area (Å²) in [6.45, 7) is 6.61. The molecule has 1 aliphatic rings. The Morgan fingerprint density at radius 1 is 1.06 bits per heavy atom. The van der Waals surface area contributed by atoms with Gasteiger partial charge in [0.15, 0.2) is 0 Å². The van der Waals surface area contributed by atoms with E-state index in [-0.39, 0.29) is 11.8 Å². The van der Waals surface area contributed by atoms with E-state index in [9.17, 15) is 9.59 Å². The molecule has 0 aromatic heterocycles. The van der Waals surface area contributed by atoms with Crippen molar-refractivity contribution in [3.05, 3.63) is 65.2 Å². The topological polar surface area (TPSA) is 58.6 Å². The lowest BCUT2D eigenvalue weighted by atomic mass is 9.90. The molecular weight excluding hydrogens is 388 g/mol. The predicted octanol–water partition coefficient (Wildman–Crippen LogP) is 4.39. The number of likely N-dealkylation sites (tertiary alicyclic amines) is 1. The van der Waals surface area contributed by atoms with Crippen LogP contribution in [0, 0.1) is 12.8 Å². The molecule has 5 nitrogen and oxygen atoms in total. The van der Waals surface area contributed by atoms with Crippen molar-refractivity contribution in [1.82, 2.24) is 10.2 Å². The summed E-state index contributed by atoms with van der Waals surface area (Å²) in [6, 6.07) is 15.9. The minimum Gasteiger partial charge on any atom is -0.494 e. The van der Waals surface area contributed by atoms with Gasteiger partial charge in [0.25, 0.3) is 5.91 Å². The summed E-state index contributed by atoms with van der Waals surface area (Å²) < 4.78 is 5.50. The quantitative estimate of drug-likeness (QED) is 0.652. The minimum absolute atomic E-state index is 0.112. The van der Waals surface area contributed by atoms with E-state index in [1.807, 2.05) is 55.1 Å². The Kier molecular flexibility index (Phi) is 8.51. The molecule has 1 heterocycles. The summed E-state index contributed by atoms with van der Waals surface area (Å²) in [5.74, 6) is 1.61. The Bertz CT molecular complexity index is 855. The van der Waals surface area contributed by atoms with Gasteiger partial charge in [-0.05, 0) is 74.8 Å². The van der Waals surface area contributed by atoms with Gasteiger partial charge in [-0.1, -0.05) is 30.3 Å². The molecule has 5 heteroatoms. The Morgan fingerprint density at radius 3 is 2.45 bits per heavy atom. The molecule has 1 N–H and O–H groups in total. The van der Waals surface area contributed by atoms with Crippen LogP contribution in [0.4, 0.5) is 0 Å². The highest BCUT2D eigenvalue weighted by Crippen LogP contribution is 2.23. The van der Waals surface area contributed by atoms with Crippen molar-refractivity contribution in [2.45, 2.75) is 46.0 Å². The summed E-state index contributed by atoms with van der Waals surface area (Å²) in [6.07, 6.45) is 4.68. The molecule has 166 valence electrons. The van der Waals surface area contributed by atoms with Crippen LogP contribution < -0.4 is 10.1 Å². The maximum atomic E-state index is 12.5. The van der Waals surface area contributed by atoms with E-state index in [1.54, 1.807) is 0 Å². The molecule has 0 atom stereocenters. The SMILES string of the molecule is CCOc1ccc(CCC2CCN(C(=O)CCNC(=O)c3ccccc3C)CC2)cc1. The molecule has 0 spiro atoms. The van der Waals surface area contributed by atoms with Crippen molar-refractivity contribution >= 4 is 11.8 Å². The van der Waals surface area contributed by atoms with Gasteiger partial charge < -0.3 is 15.0 Å². The second kappa shape index (κ2) is 11.5. The third kappa shape index (κ3) is 6.84. The number of carbonyl (C=O) groups excluding carboxylic acids is 2. The van der Waals surface area contributed by atoms with Crippen molar-refractivity contribution in [3.63, 3.8) is 0 Å². The monoisotopic (exact) mass is 422 g/mol. The molecule has 1 fully saturated rings. The third-order valence-electron chi connectivity index (χ3n) is 6.06. The lowest BCUT2D eigenvalue weighted by Gasteiger charge is -2.32. The van der Waals surface area contributed by atoms with Crippen LogP contribution in [0.2, 0.25) is 0 Å². The van der Waals surface area contributed by atoms with Crippen LogP contribution in [0.15, 0.2) is 48.5 Å². The zero-order chi connectivity index (χ0) is 22.1. The largest absolute Gasteiger partial charge is 0.494 e. The number of aryl methyl sites for hydroxylation is 2. The average Bonchev–Trinajstić information content (AvgIpc) is 2.79. The number of hydrogen-bond donors (Lipinski definition) is 1. The molecule has 0 saturated carbocycles. The first-order valence-corrected chi connectivity index (χ1v) is 11.4. The highest BCUT2D eigenvalue weighted by atomic mass is 16.5. The Hall–Kier alpha value is -2.82. The molecule has 1 saturated heterocycles. The van der Waals surface area contributed by atoms with Gasteiger partial charge in [-0.25, -0.2) is 0 Å². The van der Waals surface area contributed by atoms with Crippen LogP contribution in [0.5, 0.6) is 5.75 Å². The fraction of sp³-hybridized carbons (Fsp3) is 0.462. The van der Waals surface area contributed by atoms with Crippen molar-refractivity contribution in [1.29, 1.82) is 0 Å². The van der Waals surface area contributed by atoms with Crippen molar-refractivity contribution in [3.8, 4) is 5.75 Å². The van der Waals surface area contributed by atoms with E-state index in [4.69, 9.17) is 4.74 Å². The van der Waals surface area contributed by atoms with Crippen LogP contribution in [0.3, 0.4) is 0 Å². The minimum atomic E-state index is -0.112. The number of amides is 2. The molecule has 2 amide bonds. The Morgan fingerprint density at radius 2 is 1.77 bits per heavy atom.